The van der Waals surface area contributed by atoms with Crippen LogP contribution in [0.4, 0.5) is 0 Å². The van der Waals surface area contributed by atoms with Crippen LogP contribution in [-0.2, 0) is 19.6 Å². The molecule has 0 bridgehead atoms. The molecule has 0 aliphatic carbocycles. The van der Waals surface area contributed by atoms with Crippen molar-refractivity contribution in [2.75, 3.05) is 39.5 Å². The van der Waals surface area contributed by atoms with Gasteiger partial charge in [0.1, 0.15) is 0 Å². The number of carbonyl (C=O) groups is 1. The van der Waals surface area contributed by atoms with E-state index in [0.29, 0.717) is 19.4 Å². The molecular weight excluding hydrogens is 294 g/mol. The first-order valence-electron chi connectivity index (χ1n) is 7.59. The minimum absolute atomic E-state index is 0.144. The van der Waals surface area contributed by atoms with Crippen LogP contribution in [0.1, 0.15) is 45.4 Å². The van der Waals surface area contributed by atoms with Crippen molar-refractivity contribution in [3.8, 4) is 0 Å². The summed E-state index contributed by atoms with van der Waals surface area (Å²) in [5.74, 6) is -0.327. The highest BCUT2D eigenvalue weighted by Gasteiger charge is 2.16. The van der Waals surface area contributed by atoms with E-state index in [1.807, 2.05) is 0 Å². The molecule has 1 N–H and O–H groups in total. The van der Waals surface area contributed by atoms with E-state index in [4.69, 9.17) is 9.29 Å². The van der Waals surface area contributed by atoms with Crippen LogP contribution in [0.5, 0.6) is 0 Å². The second kappa shape index (κ2) is 10.1. The highest BCUT2D eigenvalue weighted by Crippen LogP contribution is 2.06. The monoisotopic (exact) mass is 324 g/mol. The van der Waals surface area contributed by atoms with Gasteiger partial charge in [0.2, 0.25) is 0 Å². The van der Waals surface area contributed by atoms with Gasteiger partial charge in [0.05, 0.1) is 46.0 Å². The Kier molecular flexibility index (Phi) is 9.81. The number of nitrogens with zero attached hydrogens (tertiary/aromatic N) is 1. The third-order valence-corrected chi connectivity index (χ3v) is 4.13. The fourth-order valence-corrected chi connectivity index (χ4v) is 2.56. The van der Waals surface area contributed by atoms with Gasteiger partial charge in [-0.25, -0.2) is 0 Å². The highest BCUT2D eigenvalue weighted by molar-refractivity contribution is 7.85. The SMILES string of the molecule is CCCCOC(=O)CCC[N+](C)(C)CCCCS(=O)(=O)O. The molecule has 0 aliphatic heterocycles. The molecule has 0 saturated carbocycles. The Morgan fingerprint density at radius 3 is 2.29 bits per heavy atom. The van der Waals surface area contributed by atoms with E-state index >= 15 is 0 Å². The van der Waals surface area contributed by atoms with Crippen LogP contribution in [0.3, 0.4) is 0 Å². The molecule has 0 spiro atoms. The molecule has 0 heterocycles. The van der Waals surface area contributed by atoms with E-state index in [1.165, 1.54) is 0 Å². The van der Waals surface area contributed by atoms with E-state index in [-0.39, 0.29) is 11.7 Å². The Hall–Kier alpha value is -0.660. The Morgan fingerprint density at radius 1 is 1.10 bits per heavy atom. The topological polar surface area (TPSA) is 80.7 Å². The quantitative estimate of drug-likeness (QED) is 0.256. The second-order valence-corrected chi connectivity index (χ2v) is 7.63. The van der Waals surface area contributed by atoms with Gasteiger partial charge in [-0.1, -0.05) is 13.3 Å². The Bertz CT molecular complexity index is 392. The van der Waals surface area contributed by atoms with Crippen LogP contribution in [0.25, 0.3) is 0 Å². The molecule has 0 amide bonds. The molecule has 0 unspecified atom stereocenters. The number of unbranched alkanes of at least 4 members (excludes halogenated alkanes) is 2. The molecule has 7 heteroatoms. The van der Waals surface area contributed by atoms with E-state index in [2.05, 4.69) is 21.0 Å². The van der Waals surface area contributed by atoms with Crippen molar-refractivity contribution in [1.29, 1.82) is 0 Å². The smallest absolute Gasteiger partial charge is 0.306 e. The average molecular weight is 324 g/mol. The van der Waals surface area contributed by atoms with E-state index in [1.54, 1.807) is 0 Å². The summed E-state index contributed by atoms with van der Waals surface area (Å²) in [4.78, 5) is 11.5. The van der Waals surface area contributed by atoms with Crippen LogP contribution in [0.15, 0.2) is 0 Å². The number of esters is 1. The zero-order chi connectivity index (χ0) is 16.4. The van der Waals surface area contributed by atoms with Gasteiger partial charge >= 0.3 is 5.97 Å². The van der Waals surface area contributed by atoms with Gasteiger partial charge in [0.25, 0.3) is 10.1 Å². The first kappa shape index (κ1) is 20.3. The lowest BCUT2D eigenvalue weighted by Gasteiger charge is -2.29. The van der Waals surface area contributed by atoms with Gasteiger partial charge in [-0.2, -0.15) is 8.42 Å². The van der Waals surface area contributed by atoms with Crippen molar-refractivity contribution in [1.82, 2.24) is 0 Å². The lowest BCUT2D eigenvalue weighted by atomic mass is 10.2. The largest absolute Gasteiger partial charge is 0.466 e. The lowest BCUT2D eigenvalue weighted by molar-refractivity contribution is -0.890. The van der Waals surface area contributed by atoms with Crippen molar-refractivity contribution in [2.24, 2.45) is 0 Å². The molecule has 0 aromatic carbocycles. The molecule has 0 atom stereocenters. The van der Waals surface area contributed by atoms with E-state index in [0.717, 1.165) is 43.3 Å². The summed E-state index contributed by atoms with van der Waals surface area (Å²) in [5, 5.41) is 0. The fraction of sp³-hybridized carbons (Fsp3) is 0.929. The minimum atomic E-state index is -3.85. The summed E-state index contributed by atoms with van der Waals surface area (Å²) in [7, 11) is 0.254. The van der Waals surface area contributed by atoms with Crippen molar-refractivity contribution < 1.29 is 27.0 Å². The zero-order valence-corrected chi connectivity index (χ0v) is 14.3. The first-order chi connectivity index (χ1) is 9.66. The Balaban J connectivity index is 3.74. The molecule has 0 fully saturated rings. The predicted molar refractivity (Wildman–Crippen MR) is 82.6 cm³/mol. The van der Waals surface area contributed by atoms with Crippen molar-refractivity contribution in [3.05, 3.63) is 0 Å². The number of ether oxygens (including phenoxy) is 1. The molecule has 0 radical (unpaired) electrons. The number of hydrogen-bond acceptors (Lipinski definition) is 4. The zero-order valence-electron chi connectivity index (χ0n) is 13.5. The molecular formula is C14H30NO5S+. The third kappa shape index (κ3) is 14.1. The van der Waals surface area contributed by atoms with Gasteiger partial charge in [0, 0.05) is 6.42 Å². The van der Waals surface area contributed by atoms with E-state index < -0.39 is 10.1 Å². The minimum Gasteiger partial charge on any atom is -0.466 e. The Labute approximate surface area is 128 Å². The summed E-state index contributed by atoms with van der Waals surface area (Å²) in [6.45, 7) is 4.22. The molecule has 21 heavy (non-hydrogen) atoms. The van der Waals surface area contributed by atoms with Crippen LogP contribution >= 0.6 is 0 Å². The first-order valence-corrected chi connectivity index (χ1v) is 9.20. The maximum Gasteiger partial charge on any atom is 0.306 e. The molecule has 0 aliphatic rings. The van der Waals surface area contributed by atoms with Crippen LogP contribution in [0, 0.1) is 0 Å². The molecule has 0 aromatic rings. The Morgan fingerprint density at radius 2 is 1.71 bits per heavy atom. The van der Waals surface area contributed by atoms with Crippen LogP contribution < -0.4 is 0 Å². The summed E-state index contributed by atoms with van der Waals surface area (Å²) in [6, 6.07) is 0. The van der Waals surface area contributed by atoms with Gasteiger partial charge in [-0.15, -0.1) is 0 Å². The number of carbonyl (C=O) groups excluding carboxylic acids is 1. The summed E-state index contributed by atoms with van der Waals surface area (Å²) in [5.41, 5.74) is 0. The maximum absolute atomic E-state index is 11.5. The van der Waals surface area contributed by atoms with Crippen molar-refractivity contribution >= 4 is 16.1 Å². The molecule has 0 saturated heterocycles. The number of hydrogen-bond donors (Lipinski definition) is 1. The van der Waals surface area contributed by atoms with Gasteiger partial charge < -0.3 is 9.22 Å². The van der Waals surface area contributed by atoms with E-state index in [9.17, 15) is 13.2 Å². The standard InChI is InChI=1S/C14H29NO5S/c1-4-5-12-20-14(16)9-8-11-15(2,3)10-6-7-13-21(17,18)19/h4-13H2,1-3H3/p+1. The van der Waals surface area contributed by atoms with Crippen LogP contribution in [0.2, 0.25) is 0 Å². The third-order valence-electron chi connectivity index (χ3n) is 3.32. The highest BCUT2D eigenvalue weighted by atomic mass is 32.2. The lowest BCUT2D eigenvalue weighted by Crippen LogP contribution is -2.41. The predicted octanol–water partition coefficient (Wildman–Crippen LogP) is 1.85. The number of rotatable bonds is 12. The number of quaternary nitrogens is 1. The van der Waals surface area contributed by atoms with Crippen molar-refractivity contribution in [2.45, 2.75) is 45.4 Å². The molecule has 6 nitrogen and oxygen atoms in total. The fourth-order valence-electron chi connectivity index (χ4n) is 1.99. The molecule has 126 valence electrons. The normalized spacial score (nSPS) is 12.4. The summed E-state index contributed by atoms with van der Waals surface area (Å²) < 4.78 is 35.7. The van der Waals surface area contributed by atoms with Gasteiger partial charge in [-0.05, 0) is 19.3 Å². The van der Waals surface area contributed by atoms with Crippen molar-refractivity contribution in [3.63, 3.8) is 0 Å². The van der Waals surface area contributed by atoms with Gasteiger partial charge in [-0.3, -0.25) is 9.35 Å². The summed E-state index contributed by atoms with van der Waals surface area (Å²) in [6.07, 6.45) is 4.29. The van der Waals surface area contributed by atoms with Gasteiger partial charge in [0.15, 0.2) is 0 Å². The molecule has 0 aromatic heterocycles. The molecule has 0 rings (SSSR count). The second-order valence-electron chi connectivity index (χ2n) is 6.05. The summed E-state index contributed by atoms with van der Waals surface area (Å²) >= 11 is 0. The maximum atomic E-state index is 11.5. The average Bonchev–Trinajstić information content (AvgIpc) is 2.34. The van der Waals surface area contributed by atoms with Crippen LogP contribution in [-0.4, -0.2) is 63.0 Å².